The van der Waals surface area contributed by atoms with E-state index in [1.807, 2.05) is 0 Å². The second kappa shape index (κ2) is 19.7. The van der Waals surface area contributed by atoms with E-state index in [4.69, 9.17) is 30.6 Å². The maximum atomic E-state index is 5.93. The second-order valence-corrected chi connectivity index (χ2v) is 9.66. The van der Waals surface area contributed by atoms with Gasteiger partial charge in [0.2, 0.25) is 0 Å². The lowest BCUT2D eigenvalue weighted by Crippen LogP contribution is -2.42. The first kappa shape index (κ1) is 26.6. The Labute approximate surface area is 157 Å². The minimum Gasteiger partial charge on any atom is -0.377 e. The topological polar surface area (TPSA) is 53.7 Å². The minimum atomic E-state index is -2.32. The van der Waals surface area contributed by atoms with E-state index in [9.17, 15) is 0 Å². The van der Waals surface area contributed by atoms with Gasteiger partial charge in [-0.3, -0.25) is 0 Å². The van der Waals surface area contributed by atoms with Gasteiger partial charge >= 0.3 is 8.80 Å². The summed E-state index contributed by atoms with van der Waals surface area (Å²) < 4.78 is 15.5. The Morgan fingerprint density at radius 2 is 1.33 bits per heavy atom. The number of unbranched alkanes of at least 4 members (excludes halogenated alkanes) is 5. The molecule has 0 amide bonds. The van der Waals surface area contributed by atoms with E-state index in [1.165, 1.54) is 57.8 Å². The van der Waals surface area contributed by atoms with Gasteiger partial charge in [0.15, 0.2) is 0 Å². The van der Waals surface area contributed by atoms with Crippen LogP contribution in [0.25, 0.3) is 0 Å². The molecule has 0 aliphatic rings. The summed E-state index contributed by atoms with van der Waals surface area (Å²) in [5.74, 6) is 0.616. The number of hydrogen-bond acceptors (Lipinski definition) is 4. The summed E-state index contributed by atoms with van der Waals surface area (Å²) in [7, 11) is 2.49. The highest BCUT2D eigenvalue weighted by atomic mass is 35.5. The van der Waals surface area contributed by atoms with Crippen molar-refractivity contribution in [2.45, 2.75) is 90.1 Å². The van der Waals surface area contributed by atoms with Gasteiger partial charge in [-0.1, -0.05) is 58.8 Å². The number of nitrogens with two attached hydrogens (primary N) is 1. The van der Waals surface area contributed by atoms with Gasteiger partial charge < -0.3 is 19.0 Å². The molecule has 1 atom stereocenters. The van der Waals surface area contributed by atoms with E-state index in [1.54, 1.807) is 21.3 Å². The van der Waals surface area contributed by atoms with Gasteiger partial charge in [-0.05, 0) is 19.3 Å². The largest absolute Gasteiger partial charge is 0.500 e. The van der Waals surface area contributed by atoms with Crippen molar-refractivity contribution in [2.75, 3.05) is 27.2 Å². The molecule has 0 spiro atoms. The Bertz CT molecular complexity index is 236. The van der Waals surface area contributed by atoms with Crippen molar-refractivity contribution in [3.05, 3.63) is 0 Å². The van der Waals surface area contributed by atoms with Crippen LogP contribution in [0.4, 0.5) is 0 Å². The van der Waals surface area contributed by atoms with Crippen LogP contribution in [0.2, 0.25) is 6.04 Å². The third-order valence-electron chi connectivity index (χ3n) is 4.14. The van der Waals surface area contributed by atoms with E-state index in [2.05, 4.69) is 13.8 Å². The molecule has 0 rings (SSSR count). The van der Waals surface area contributed by atoms with Crippen LogP contribution >= 0.6 is 11.6 Å². The molecule has 0 saturated carbocycles. The maximum absolute atomic E-state index is 5.93. The van der Waals surface area contributed by atoms with Crippen LogP contribution in [0, 0.1) is 0 Å². The fraction of sp³-hybridized carbons (Fsp3) is 1.00. The van der Waals surface area contributed by atoms with Crippen molar-refractivity contribution in [3.63, 3.8) is 0 Å². The van der Waals surface area contributed by atoms with Crippen LogP contribution in [0.5, 0.6) is 0 Å². The first-order valence-corrected chi connectivity index (χ1v) is 12.0. The zero-order chi connectivity index (χ0) is 18.7. The van der Waals surface area contributed by atoms with Gasteiger partial charge in [-0.25, -0.2) is 0 Å². The Morgan fingerprint density at radius 1 is 0.792 bits per heavy atom. The van der Waals surface area contributed by atoms with Crippen LogP contribution in [0.1, 0.15) is 78.1 Å². The molecule has 2 N–H and O–H groups in total. The van der Waals surface area contributed by atoms with Crippen molar-refractivity contribution in [1.29, 1.82) is 0 Å². The van der Waals surface area contributed by atoms with E-state index >= 15 is 0 Å². The van der Waals surface area contributed by atoms with Crippen LogP contribution in [0.15, 0.2) is 0 Å². The summed E-state index contributed by atoms with van der Waals surface area (Å²) >= 11 is 5.53. The number of rotatable bonds is 15. The van der Waals surface area contributed by atoms with E-state index in [0.29, 0.717) is 11.9 Å². The standard InChI is InChI=1S/C12H27N.C6H15ClO3Si/c1-3-5-6-7-8-9-11-12(13)10-4-2;1-8-11(9-2,10-3)6-4-5-7/h12H,3-11,13H2,1-2H3;4-6H2,1-3H3. The number of hydrogen-bond donors (Lipinski definition) is 1. The second-order valence-electron chi connectivity index (χ2n) is 6.19. The fourth-order valence-corrected chi connectivity index (χ4v) is 4.62. The average Bonchev–Trinajstić information content (AvgIpc) is 2.60. The van der Waals surface area contributed by atoms with Crippen molar-refractivity contribution in [1.82, 2.24) is 0 Å². The molecule has 0 aromatic heterocycles. The maximum Gasteiger partial charge on any atom is 0.500 e. The van der Waals surface area contributed by atoms with Gasteiger partial charge in [0, 0.05) is 39.3 Å². The van der Waals surface area contributed by atoms with Crippen LogP contribution in [0.3, 0.4) is 0 Å². The Balaban J connectivity index is 0. The van der Waals surface area contributed by atoms with Gasteiger partial charge in [-0.2, -0.15) is 0 Å². The molecule has 0 radical (unpaired) electrons. The van der Waals surface area contributed by atoms with Crippen LogP contribution in [-0.2, 0) is 13.3 Å². The van der Waals surface area contributed by atoms with Crippen molar-refractivity contribution >= 4 is 20.4 Å². The first-order chi connectivity index (χ1) is 11.6. The Hall–Kier alpha value is 0.347. The minimum absolute atomic E-state index is 0.469. The summed E-state index contributed by atoms with van der Waals surface area (Å²) in [4.78, 5) is 0. The predicted octanol–water partition coefficient (Wildman–Crippen LogP) is 5.36. The zero-order valence-corrected chi connectivity index (χ0v) is 18.5. The third kappa shape index (κ3) is 15.9. The fourth-order valence-electron chi connectivity index (χ4n) is 2.54. The number of alkyl halides is 1. The predicted molar refractivity (Wildman–Crippen MR) is 108 cm³/mol. The van der Waals surface area contributed by atoms with Crippen molar-refractivity contribution < 1.29 is 13.3 Å². The van der Waals surface area contributed by atoms with Gasteiger partial charge in [-0.15, -0.1) is 11.6 Å². The SMILES string of the molecule is CCCCCCCCC(N)CCC.CO[Si](CCCCl)(OC)OC. The molecule has 0 aromatic carbocycles. The lowest BCUT2D eigenvalue weighted by Gasteiger charge is -2.23. The highest BCUT2D eigenvalue weighted by molar-refractivity contribution is 6.60. The zero-order valence-electron chi connectivity index (χ0n) is 16.7. The molecule has 0 saturated heterocycles. The normalized spacial score (nSPS) is 12.6. The molecule has 24 heavy (non-hydrogen) atoms. The molecule has 0 aliphatic carbocycles. The Morgan fingerprint density at radius 3 is 1.79 bits per heavy atom. The molecule has 4 nitrogen and oxygen atoms in total. The van der Waals surface area contributed by atoms with Gasteiger partial charge in [0.1, 0.15) is 0 Å². The molecule has 6 heteroatoms. The lowest BCUT2D eigenvalue weighted by molar-refractivity contribution is 0.123. The van der Waals surface area contributed by atoms with Crippen molar-refractivity contribution in [2.24, 2.45) is 5.73 Å². The molecule has 0 bridgehead atoms. The molecule has 0 heterocycles. The smallest absolute Gasteiger partial charge is 0.377 e. The summed E-state index contributed by atoms with van der Waals surface area (Å²) in [6, 6.07) is 1.25. The van der Waals surface area contributed by atoms with Crippen LogP contribution < -0.4 is 5.73 Å². The molecule has 148 valence electrons. The highest BCUT2D eigenvalue weighted by Crippen LogP contribution is 2.15. The van der Waals surface area contributed by atoms with Gasteiger partial charge in [0.05, 0.1) is 0 Å². The number of halogens is 1. The monoisotopic (exact) mass is 383 g/mol. The highest BCUT2D eigenvalue weighted by Gasteiger charge is 2.36. The average molecular weight is 384 g/mol. The summed E-state index contributed by atoms with van der Waals surface area (Å²) in [6.07, 6.45) is 12.8. The molecule has 1 unspecified atom stereocenters. The van der Waals surface area contributed by atoms with Gasteiger partial charge in [0.25, 0.3) is 0 Å². The first-order valence-electron chi connectivity index (χ1n) is 9.52. The van der Waals surface area contributed by atoms with E-state index in [-0.39, 0.29) is 0 Å². The summed E-state index contributed by atoms with van der Waals surface area (Å²) in [5, 5.41) is 0. The van der Waals surface area contributed by atoms with Crippen molar-refractivity contribution in [3.8, 4) is 0 Å². The quantitative estimate of drug-likeness (QED) is 0.235. The molecular formula is C18H42ClNO3Si. The molecule has 0 fully saturated rings. The molecule has 0 aromatic rings. The Kier molecular flexibility index (Phi) is 21.8. The van der Waals surface area contributed by atoms with E-state index < -0.39 is 8.80 Å². The van der Waals surface area contributed by atoms with E-state index in [0.717, 1.165) is 12.5 Å². The summed E-state index contributed by atoms with van der Waals surface area (Å²) in [6.45, 7) is 4.47. The molecular weight excluding hydrogens is 342 g/mol. The molecule has 0 aliphatic heterocycles. The van der Waals surface area contributed by atoms with Crippen LogP contribution in [-0.4, -0.2) is 42.1 Å². The third-order valence-corrected chi connectivity index (χ3v) is 7.24. The lowest BCUT2D eigenvalue weighted by atomic mass is 10.0. The summed E-state index contributed by atoms with van der Waals surface area (Å²) in [5.41, 5.74) is 5.93.